The van der Waals surface area contributed by atoms with Crippen molar-refractivity contribution in [3.8, 4) is 11.5 Å². The van der Waals surface area contributed by atoms with E-state index >= 15 is 0 Å². The number of fused-ring (bicyclic) bond motifs is 1. The number of carbonyl (C=O) groups is 1. The average Bonchev–Trinajstić information content (AvgIpc) is 3.19. The van der Waals surface area contributed by atoms with Crippen LogP contribution in [0.2, 0.25) is 0 Å². The van der Waals surface area contributed by atoms with Crippen molar-refractivity contribution in [2.24, 2.45) is 0 Å². The Balaban J connectivity index is 1.84. The zero-order chi connectivity index (χ0) is 20.1. The minimum atomic E-state index is -3.07. The maximum atomic E-state index is 12.5. The number of ether oxygens (including phenoxy) is 2. The van der Waals surface area contributed by atoms with E-state index in [-0.39, 0.29) is 35.8 Å². The van der Waals surface area contributed by atoms with Gasteiger partial charge >= 0.3 is 0 Å². The number of hydrogen-bond donors (Lipinski definition) is 1. The van der Waals surface area contributed by atoms with E-state index in [0.29, 0.717) is 23.7 Å². The molecule has 1 saturated heterocycles. The van der Waals surface area contributed by atoms with E-state index in [4.69, 9.17) is 9.47 Å². The first-order valence-corrected chi connectivity index (χ1v) is 11.0. The first-order valence-electron chi connectivity index (χ1n) is 9.14. The summed E-state index contributed by atoms with van der Waals surface area (Å²) in [5.41, 5.74) is 2.52. The molecule has 1 aromatic carbocycles. The lowest BCUT2D eigenvalue weighted by Crippen LogP contribution is -2.26. The van der Waals surface area contributed by atoms with Crippen LogP contribution in [0.15, 0.2) is 18.2 Å². The van der Waals surface area contributed by atoms with E-state index in [1.165, 1.54) is 0 Å². The van der Waals surface area contributed by atoms with E-state index in [9.17, 15) is 13.2 Å². The highest BCUT2D eigenvalue weighted by Gasteiger charge is 2.38. The third kappa shape index (κ3) is 3.13. The van der Waals surface area contributed by atoms with Gasteiger partial charge in [0, 0.05) is 23.5 Å². The topological polar surface area (TPSA) is 99.5 Å². The molecule has 3 heterocycles. The Bertz CT molecular complexity index is 1040. The molecule has 2 aliphatic heterocycles. The molecule has 1 aromatic heterocycles. The lowest BCUT2D eigenvalue weighted by molar-refractivity contribution is -0.116. The van der Waals surface area contributed by atoms with Crippen LogP contribution in [0, 0.1) is 6.92 Å². The van der Waals surface area contributed by atoms with Crippen molar-refractivity contribution >= 4 is 21.6 Å². The lowest BCUT2D eigenvalue weighted by Gasteiger charge is -2.26. The zero-order valence-corrected chi connectivity index (χ0v) is 16.9. The number of aryl methyl sites for hydroxylation is 1. The molecule has 1 amide bonds. The van der Waals surface area contributed by atoms with Crippen molar-refractivity contribution in [1.29, 1.82) is 0 Å². The number of nitrogens with one attached hydrogen (secondary N) is 1. The molecular weight excluding hydrogens is 382 g/mol. The Hall–Kier alpha value is -2.55. The van der Waals surface area contributed by atoms with Crippen molar-refractivity contribution in [3.05, 3.63) is 35.0 Å². The van der Waals surface area contributed by atoms with Crippen LogP contribution in [0.4, 0.5) is 5.82 Å². The molecule has 150 valence electrons. The van der Waals surface area contributed by atoms with Gasteiger partial charge in [0.05, 0.1) is 37.5 Å². The van der Waals surface area contributed by atoms with Crippen molar-refractivity contribution in [1.82, 2.24) is 9.78 Å². The van der Waals surface area contributed by atoms with Crippen molar-refractivity contribution < 1.29 is 22.7 Å². The van der Waals surface area contributed by atoms with Gasteiger partial charge < -0.3 is 14.8 Å². The van der Waals surface area contributed by atoms with Crippen LogP contribution >= 0.6 is 0 Å². The Labute approximate surface area is 163 Å². The zero-order valence-electron chi connectivity index (χ0n) is 16.1. The molecule has 2 unspecified atom stereocenters. The van der Waals surface area contributed by atoms with E-state index < -0.39 is 9.84 Å². The molecule has 2 atom stereocenters. The van der Waals surface area contributed by atoms with Gasteiger partial charge in [0.15, 0.2) is 9.84 Å². The van der Waals surface area contributed by atoms with Crippen LogP contribution in [-0.2, 0) is 14.6 Å². The lowest BCUT2D eigenvalue weighted by atomic mass is 9.85. The highest BCUT2D eigenvalue weighted by Crippen LogP contribution is 2.44. The van der Waals surface area contributed by atoms with Crippen LogP contribution in [0.3, 0.4) is 0 Å². The fourth-order valence-corrected chi connectivity index (χ4v) is 5.87. The molecule has 28 heavy (non-hydrogen) atoms. The predicted octanol–water partition coefficient (Wildman–Crippen LogP) is 2.04. The van der Waals surface area contributed by atoms with Gasteiger partial charge in [-0.3, -0.25) is 4.79 Å². The van der Waals surface area contributed by atoms with Gasteiger partial charge in [0.1, 0.15) is 17.3 Å². The first kappa shape index (κ1) is 18.8. The van der Waals surface area contributed by atoms with E-state index in [1.807, 2.05) is 25.1 Å². The fourth-order valence-electron chi connectivity index (χ4n) is 4.18. The second-order valence-electron chi connectivity index (χ2n) is 7.26. The molecule has 0 radical (unpaired) electrons. The van der Waals surface area contributed by atoms with Crippen LogP contribution in [0.25, 0.3) is 0 Å². The number of nitrogens with zero attached hydrogens (tertiary/aromatic N) is 2. The van der Waals surface area contributed by atoms with Gasteiger partial charge in [0.25, 0.3) is 0 Å². The maximum Gasteiger partial charge on any atom is 0.226 e. The van der Waals surface area contributed by atoms with Gasteiger partial charge in [-0.15, -0.1) is 0 Å². The molecule has 2 aliphatic rings. The summed E-state index contributed by atoms with van der Waals surface area (Å²) >= 11 is 0. The van der Waals surface area contributed by atoms with Gasteiger partial charge in [-0.25, -0.2) is 13.1 Å². The molecule has 4 rings (SSSR count). The monoisotopic (exact) mass is 405 g/mol. The fraction of sp³-hybridized carbons (Fsp3) is 0.474. The molecule has 0 spiro atoms. The number of aromatic nitrogens is 2. The summed E-state index contributed by atoms with van der Waals surface area (Å²) in [5, 5.41) is 7.53. The molecule has 0 saturated carbocycles. The van der Waals surface area contributed by atoms with E-state index in [2.05, 4.69) is 10.4 Å². The average molecular weight is 405 g/mol. The van der Waals surface area contributed by atoms with Gasteiger partial charge in [-0.05, 0) is 31.5 Å². The minimum Gasteiger partial charge on any atom is -0.497 e. The number of rotatable bonds is 4. The molecule has 9 heteroatoms. The maximum absolute atomic E-state index is 12.5. The van der Waals surface area contributed by atoms with Crippen molar-refractivity contribution in [2.45, 2.75) is 31.7 Å². The van der Waals surface area contributed by atoms with E-state index in [1.54, 1.807) is 18.9 Å². The number of hydrogen-bond acceptors (Lipinski definition) is 6. The minimum absolute atomic E-state index is 0.0452. The summed E-state index contributed by atoms with van der Waals surface area (Å²) in [5.74, 6) is 1.74. The predicted molar refractivity (Wildman–Crippen MR) is 104 cm³/mol. The smallest absolute Gasteiger partial charge is 0.226 e. The summed E-state index contributed by atoms with van der Waals surface area (Å²) < 4.78 is 36.4. The molecule has 1 N–H and O–H groups in total. The van der Waals surface area contributed by atoms with Gasteiger partial charge in [-0.2, -0.15) is 5.10 Å². The molecule has 0 aliphatic carbocycles. The van der Waals surface area contributed by atoms with Gasteiger partial charge in [-0.1, -0.05) is 0 Å². The molecule has 2 aromatic rings. The second kappa shape index (κ2) is 6.80. The number of sulfone groups is 1. The number of benzene rings is 1. The standard InChI is InChI=1S/C19H23N3O5S/c1-11-18-15(14-8-13(26-2)4-5-16(14)27-3)9-17(23)20-19(18)22(21-11)12-6-7-28(24,25)10-12/h4-5,8,12,15H,6-7,9-10H2,1-3H3,(H,20,23). The highest BCUT2D eigenvalue weighted by atomic mass is 32.2. The number of carbonyl (C=O) groups excluding carboxylic acids is 1. The molecule has 1 fully saturated rings. The highest BCUT2D eigenvalue weighted by molar-refractivity contribution is 7.91. The van der Waals surface area contributed by atoms with Crippen molar-refractivity contribution in [2.75, 3.05) is 31.0 Å². The molecular formula is C19H23N3O5S. The Morgan fingerprint density at radius 3 is 2.68 bits per heavy atom. The quantitative estimate of drug-likeness (QED) is 0.836. The van der Waals surface area contributed by atoms with Crippen LogP contribution in [-0.4, -0.2) is 49.8 Å². The third-order valence-electron chi connectivity index (χ3n) is 5.49. The largest absolute Gasteiger partial charge is 0.497 e. The summed E-state index contributed by atoms with van der Waals surface area (Å²) in [6.07, 6.45) is 0.755. The summed E-state index contributed by atoms with van der Waals surface area (Å²) in [4.78, 5) is 12.5. The number of amides is 1. The Kier molecular flexibility index (Phi) is 4.57. The Morgan fingerprint density at radius 1 is 1.25 bits per heavy atom. The van der Waals surface area contributed by atoms with Crippen LogP contribution < -0.4 is 14.8 Å². The van der Waals surface area contributed by atoms with Crippen molar-refractivity contribution in [3.63, 3.8) is 0 Å². The second-order valence-corrected chi connectivity index (χ2v) is 9.49. The van der Waals surface area contributed by atoms with Crippen LogP contribution in [0.5, 0.6) is 11.5 Å². The normalized spacial score (nSPS) is 23.2. The summed E-state index contributed by atoms with van der Waals surface area (Å²) in [6.45, 7) is 1.88. The summed E-state index contributed by atoms with van der Waals surface area (Å²) in [7, 11) is 0.114. The third-order valence-corrected chi connectivity index (χ3v) is 7.24. The SMILES string of the molecule is COc1ccc(OC)c(C2CC(=O)Nc3c2c(C)nn3C2CCS(=O)(=O)C2)c1. The van der Waals surface area contributed by atoms with Crippen LogP contribution in [0.1, 0.15) is 41.6 Å². The van der Waals surface area contributed by atoms with E-state index in [0.717, 1.165) is 16.8 Å². The Morgan fingerprint density at radius 2 is 2.04 bits per heavy atom. The number of anilines is 1. The molecule has 0 bridgehead atoms. The first-order chi connectivity index (χ1) is 13.3. The van der Waals surface area contributed by atoms with Gasteiger partial charge in [0.2, 0.25) is 5.91 Å². The number of methoxy groups -OCH3 is 2. The summed E-state index contributed by atoms with van der Waals surface area (Å²) in [6, 6.07) is 5.25. The molecule has 8 nitrogen and oxygen atoms in total.